The number of benzene rings is 1. The van der Waals surface area contributed by atoms with E-state index in [-0.39, 0.29) is 12.1 Å². The molecule has 2 N–H and O–H groups in total. The lowest BCUT2D eigenvalue weighted by molar-refractivity contribution is 0.237. The number of rotatable bonds is 6. The Hall–Kier alpha value is -2.67. The fraction of sp³-hybridized carbons (Fsp3) is 0.235. The van der Waals surface area contributed by atoms with Crippen molar-refractivity contribution in [2.24, 2.45) is 0 Å². The van der Waals surface area contributed by atoms with E-state index in [1.807, 2.05) is 53.4 Å². The molecular weight excluding hydrogens is 322 g/mol. The summed E-state index contributed by atoms with van der Waals surface area (Å²) in [6.07, 6.45) is 5.31. The summed E-state index contributed by atoms with van der Waals surface area (Å²) in [5, 5.41) is 8.65. The molecule has 0 aliphatic rings. The number of thiazole rings is 1. The zero-order valence-corrected chi connectivity index (χ0v) is 14.2. The van der Waals surface area contributed by atoms with E-state index in [9.17, 15) is 4.79 Å². The molecule has 0 saturated carbocycles. The van der Waals surface area contributed by atoms with Gasteiger partial charge in [-0.25, -0.2) is 14.8 Å². The average Bonchev–Trinajstić information content (AvgIpc) is 3.27. The molecule has 6 nitrogen and oxygen atoms in total. The van der Waals surface area contributed by atoms with Crippen LogP contribution < -0.4 is 10.6 Å². The third-order valence-electron chi connectivity index (χ3n) is 3.52. The van der Waals surface area contributed by atoms with Crippen LogP contribution in [0.1, 0.15) is 18.0 Å². The molecule has 0 bridgehead atoms. The van der Waals surface area contributed by atoms with Crippen molar-refractivity contribution in [3.05, 3.63) is 59.4 Å². The Morgan fingerprint density at radius 3 is 2.92 bits per heavy atom. The molecule has 1 atom stereocenters. The SMILES string of the molecule is C[C@H](NC(=O)NCCn1ccnc1)c1nc(-c2ccccc2)cs1. The maximum absolute atomic E-state index is 12.0. The van der Waals surface area contributed by atoms with Gasteiger partial charge < -0.3 is 15.2 Å². The van der Waals surface area contributed by atoms with Gasteiger partial charge in [0, 0.05) is 36.4 Å². The fourth-order valence-electron chi connectivity index (χ4n) is 2.25. The largest absolute Gasteiger partial charge is 0.336 e. The summed E-state index contributed by atoms with van der Waals surface area (Å²) in [5.74, 6) is 0. The molecule has 0 aliphatic carbocycles. The first kappa shape index (κ1) is 16.2. The van der Waals surface area contributed by atoms with Crippen LogP contribution in [-0.4, -0.2) is 27.1 Å². The van der Waals surface area contributed by atoms with Crippen molar-refractivity contribution < 1.29 is 4.79 Å². The van der Waals surface area contributed by atoms with E-state index in [1.54, 1.807) is 23.9 Å². The Balaban J connectivity index is 1.50. The Morgan fingerprint density at radius 2 is 2.17 bits per heavy atom. The highest BCUT2D eigenvalue weighted by Crippen LogP contribution is 2.25. The first-order valence-electron chi connectivity index (χ1n) is 7.73. The highest BCUT2D eigenvalue weighted by atomic mass is 32.1. The van der Waals surface area contributed by atoms with Crippen molar-refractivity contribution >= 4 is 17.4 Å². The van der Waals surface area contributed by atoms with E-state index in [0.29, 0.717) is 13.1 Å². The number of imidazole rings is 1. The topological polar surface area (TPSA) is 71.8 Å². The van der Waals surface area contributed by atoms with Crippen LogP contribution in [0.5, 0.6) is 0 Å². The van der Waals surface area contributed by atoms with Gasteiger partial charge in [-0.15, -0.1) is 11.3 Å². The van der Waals surface area contributed by atoms with Gasteiger partial charge in [0.25, 0.3) is 0 Å². The van der Waals surface area contributed by atoms with Gasteiger partial charge in [-0.1, -0.05) is 30.3 Å². The molecule has 0 spiro atoms. The smallest absolute Gasteiger partial charge is 0.315 e. The van der Waals surface area contributed by atoms with Gasteiger partial charge in [0.1, 0.15) is 5.01 Å². The zero-order chi connectivity index (χ0) is 16.8. The maximum Gasteiger partial charge on any atom is 0.315 e. The molecule has 0 unspecified atom stereocenters. The predicted octanol–water partition coefficient (Wildman–Crippen LogP) is 3.07. The van der Waals surface area contributed by atoms with Gasteiger partial charge in [-0.05, 0) is 6.92 Å². The van der Waals surface area contributed by atoms with Gasteiger partial charge >= 0.3 is 6.03 Å². The molecule has 124 valence electrons. The molecular formula is C17H19N5OS. The Kier molecular flexibility index (Phi) is 5.22. The van der Waals surface area contributed by atoms with Crippen LogP contribution in [-0.2, 0) is 6.54 Å². The number of hydrogen-bond acceptors (Lipinski definition) is 4. The second kappa shape index (κ2) is 7.74. The number of nitrogens with one attached hydrogen (secondary N) is 2. The molecule has 24 heavy (non-hydrogen) atoms. The first-order valence-corrected chi connectivity index (χ1v) is 8.61. The van der Waals surface area contributed by atoms with Crippen LogP contribution in [0.2, 0.25) is 0 Å². The Morgan fingerprint density at radius 1 is 1.33 bits per heavy atom. The molecule has 2 heterocycles. The number of urea groups is 1. The second-order valence-electron chi connectivity index (χ2n) is 5.36. The highest BCUT2D eigenvalue weighted by Gasteiger charge is 2.13. The minimum Gasteiger partial charge on any atom is -0.336 e. The molecule has 1 aromatic carbocycles. The van der Waals surface area contributed by atoms with Crippen molar-refractivity contribution in [2.75, 3.05) is 6.54 Å². The minimum atomic E-state index is -0.195. The zero-order valence-electron chi connectivity index (χ0n) is 13.3. The second-order valence-corrected chi connectivity index (χ2v) is 6.25. The van der Waals surface area contributed by atoms with E-state index in [1.165, 1.54) is 0 Å². The van der Waals surface area contributed by atoms with Crippen molar-refractivity contribution in [1.29, 1.82) is 0 Å². The lowest BCUT2D eigenvalue weighted by Gasteiger charge is -2.12. The van der Waals surface area contributed by atoms with Gasteiger partial charge in [0.05, 0.1) is 18.1 Å². The summed E-state index contributed by atoms with van der Waals surface area (Å²) < 4.78 is 1.91. The Bertz CT molecular complexity index is 769. The molecule has 0 saturated heterocycles. The molecule has 0 aliphatic heterocycles. The predicted molar refractivity (Wildman–Crippen MR) is 94.7 cm³/mol. The van der Waals surface area contributed by atoms with E-state index < -0.39 is 0 Å². The van der Waals surface area contributed by atoms with E-state index in [4.69, 9.17) is 0 Å². The number of carbonyl (C=O) groups excluding carboxylic acids is 1. The standard InChI is InChI=1S/C17H19N5OS/c1-13(20-17(23)19-8-10-22-9-7-18-12-22)16-21-15(11-24-16)14-5-3-2-4-6-14/h2-7,9,11-13H,8,10H2,1H3,(H2,19,20,23)/t13-/m0/s1. The van der Waals surface area contributed by atoms with Crippen LogP contribution in [0.25, 0.3) is 11.3 Å². The number of carbonyl (C=O) groups is 1. The molecule has 2 aromatic heterocycles. The van der Waals surface area contributed by atoms with Crippen LogP contribution in [0, 0.1) is 0 Å². The number of hydrogen-bond donors (Lipinski definition) is 2. The molecule has 2 amide bonds. The molecule has 7 heteroatoms. The van der Waals surface area contributed by atoms with Gasteiger partial charge in [-0.2, -0.15) is 0 Å². The summed E-state index contributed by atoms with van der Waals surface area (Å²) in [6, 6.07) is 9.68. The van der Waals surface area contributed by atoms with Gasteiger partial charge in [0.15, 0.2) is 0 Å². The van der Waals surface area contributed by atoms with Crippen molar-refractivity contribution in [3.8, 4) is 11.3 Å². The number of nitrogens with zero attached hydrogens (tertiary/aromatic N) is 3. The lowest BCUT2D eigenvalue weighted by atomic mass is 10.2. The van der Waals surface area contributed by atoms with Crippen molar-refractivity contribution in [3.63, 3.8) is 0 Å². The van der Waals surface area contributed by atoms with Crippen molar-refractivity contribution in [1.82, 2.24) is 25.2 Å². The lowest BCUT2D eigenvalue weighted by Crippen LogP contribution is -2.38. The fourth-order valence-corrected chi connectivity index (χ4v) is 3.09. The van der Waals surface area contributed by atoms with E-state index in [2.05, 4.69) is 20.6 Å². The monoisotopic (exact) mass is 341 g/mol. The molecule has 3 aromatic rings. The van der Waals surface area contributed by atoms with Crippen LogP contribution in [0.4, 0.5) is 4.79 Å². The average molecular weight is 341 g/mol. The summed E-state index contributed by atoms with van der Waals surface area (Å²) >= 11 is 1.55. The van der Waals surface area contributed by atoms with Crippen LogP contribution in [0.3, 0.4) is 0 Å². The molecule has 0 radical (unpaired) electrons. The maximum atomic E-state index is 12.0. The normalized spacial score (nSPS) is 11.9. The minimum absolute atomic E-state index is 0.138. The first-order chi connectivity index (χ1) is 11.7. The number of amides is 2. The third kappa shape index (κ3) is 4.20. The summed E-state index contributed by atoms with van der Waals surface area (Å²) in [5.41, 5.74) is 2.02. The highest BCUT2D eigenvalue weighted by molar-refractivity contribution is 7.10. The van der Waals surface area contributed by atoms with Gasteiger partial charge in [-0.3, -0.25) is 0 Å². The third-order valence-corrected chi connectivity index (χ3v) is 4.55. The van der Waals surface area contributed by atoms with Crippen LogP contribution in [0.15, 0.2) is 54.4 Å². The summed E-state index contributed by atoms with van der Waals surface area (Å²) in [7, 11) is 0. The summed E-state index contributed by atoms with van der Waals surface area (Å²) in [6.45, 7) is 3.17. The van der Waals surface area contributed by atoms with E-state index in [0.717, 1.165) is 16.3 Å². The van der Waals surface area contributed by atoms with E-state index >= 15 is 0 Å². The van der Waals surface area contributed by atoms with Gasteiger partial charge in [0.2, 0.25) is 0 Å². The van der Waals surface area contributed by atoms with Crippen molar-refractivity contribution in [2.45, 2.75) is 19.5 Å². The Labute approximate surface area is 144 Å². The summed E-state index contributed by atoms with van der Waals surface area (Å²) in [4.78, 5) is 20.5. The molecule has 3 rings (SSSR count). The molecule has 0 fully saturated rings. The quantitative estimate of drug-likeness (QED) is 0.724. The number of aromatic nitrogens is 3. The van der Waals surface area contributed by atoms with Crippen LogP contribution >= 0.6 is 11.3 Å².